The third-order valence-corrected chi connectivity index (χ3v) is 3.24. The van der Waals surface area contributed by atoms with Gasteiger partial charge in [-0.1, -0.05) is 6.92 Å². The van der Waals surface area contributed by atoms with E-state index in [-0.39, 0.29) is 17.8 Å². The van der Waals surface area contributed by atoms with Crippen LogP contribution in [0.25, 0.3) is 10.9 Å². The molecule has 0 aliphatic carbocycles. The number of benzene rings is 1. The van der Waals surface area contributed by atoms with E-state index in [1.807, 2.05) is 20.8 Å². The smallest absolute Gasteiger partial charge is 0.268 e. The van der Waals surface area contributed by atoms with Crippen LogP contribution in [0.2, 0.25) is 0 Å². The van der Waals surface area contributed by atoms with Crippen LogP contribution in [-0.4, -0.2) is 16.9 Å². The van der Waals surface area contributed by atoms with Crippen molar-refractivity contribution in [3.05, 3.63) is 35.3 Å². The fourth-order valence-corrected chi connectivity index (χ4v) is 1.92. The lowest BCUT2D eigenvalue weighted by molar-refractivity contribution is 0.0934. The van der Waals surface area contributed by atoms with Crippen molar-refractivity contribution in [2.75, 3.05) is 0 Å². The van der Waals surface area contributed by atoms with Gasteiger partial charge in [0, 0.05) is 16.9 Å². The zero-order chi connectivity index (χ0) is 13.3. The zero-order valence-electron chi connectivity index (χ0n) is 10.8. The molecule has 1 unspecified atom stereocenters. The molecule has 1 atom stereocenters. The Bertz CT molecular complexity index is 589. The quantitative estimate of drug-likeness (QED) is 0.861. The predicted octanol–water partition coefficient (Wildman–Crippen LogP) is 3.14. The van der Waals surface area contributed by atoms with Gasteiger partial charge >= 0.3 is 0 Å². The van der Waals surface area contributed by atoms with Gasteiger partial charge < -0.3 is 10.3 Å². The van der Waals surface area contributed by atoms with E-state index < -0.39 is 0 Å². The fraction of sp³-hybridized carbons (Fsp3) is 0.357. The molecule has 1 aromatic heterocycles. The molecule has 96 valence electrons. The first-order valence-corrected chi connectivity index (χ1v) is 6.11. The van der Waals surface area contributed by atoms with Crippen molar-refractivity contribution in [2.45, 2.75) is 33.2 Å². The third kappa shape index (κ3) is 2.23. The van der Waals surface area contributed by atoms with E-state index >= 15 is 0 Å². The second kappa shape index (κ2) is 4.80. The Morgan fingerprint density at radius 3 is 2.89 bits per heavy atom. The summed E-state index contributed by atoms with van der Waals surface area (Å²) in [5.74, 6) is -0.433. The maximum Gasteiger partial charge on any atom is 0.268 e. The Balaban J connectivity index is 2.40. The van der Waals surface area contributed by atoms with Gasteiger partial charge in [0.05, 0.1) is 0 Å². The van der Waals surface area contributed by atoms with Crippen molar-refractivity contribution < 1.29 is 9.18 Å². The molecule has 1 aromatic carbocycles. The van der Waals surface area contributed by atoms with Crippen LogP contribution in [0.5, 0.6) is 0 Å². The number of amides is 1. The summed E-state index contributed by atoms with van der Waals surface area (Å²) in [6, 6.07) is 4.60. The number of hydrogen-bond donors (Lipinski definition) is 2. The molecule has 2 aromatic rings. The van der Waals surface area contributed by atoms with Gasteiger partial charge in [-0.2, -0.15) is 0 Å². The number of rotatable bonds is 3. The van der Waals surface area contributed by atoms with Crippen LogP contribution in [0.3, 0.4) is 0 Å². The first kappa shape index (κ1) is 12.6. The van der Waals surface area contributed by atoms with Gasteiger partial charge in [-0.3, -0.25) is 4.79 Å². The molecular formula is C14H17FN2O. The van der Waals surface area contributed by atoms with Crippen LogP contribution in [-0.2, 0) is 0 Å². The lowest BCUT2D eigenvalue weighted by atomic mass is 10.1. The topological polar surface area (TPSA) is 44.9 Å². The molecule has 3 nitrogen and oxygen atoms in total. The number of H-pyrrole nitrogens is 1. The van der Waals surface area contributed by atoms with E-state index in [1.165, 1.54) is 12.1 Å². The van der Waals surface area contributed by atoms with Crippen LogP contribution in [0.4, 0.5) is 4.39 Å². The summed E-state index contributed by atoms with van der Waals surface area (Å²) in [7, 11) is 0. The Labute approximate surface area is 105 Å². The number of aromatic nitrogens is 1. The number of hydrogen-bond acceptors (Lipinski definition) is 1. The molecular weight excluding hydrogens is 231 g/mol. The predicted molar refractivity (Wildman–Crippen MR) is 70.2 cm³/mol. The minimum atomic E-state index is -0.293. The zero-order valence-corrected chi connectivity index (χ0v) is 10.8. The molecule has 0 spiro atoms. The van der Waals surface area contributed by atoms with Gasteiger partial charge in [0.25, 0.3) is 5.91 Å². The van der Waals surface area contributed by atoms with E-state index in [0.29, 0.717) is 5.69 Å². The first-order valence-electron chi connectivity index (χ1n) is 6.11. The Kier molecular flexibility index (Phi) is 3.36. The van der Waals surface area contributed by atoms with Gasteiger partial charge in [-0.05, 0) is 44.0 Å². The second-order valence-electron chi connectivity index (χ2n) is 4.60. The molecule has 1 heterocycles. The molecule has 0 radical (unpaired) electrons. The highest BCUT2D eigenvalue weighted by molar-refractivity contribution is 6.00. The second-order valence-corrected chi connectivity index (χ2v) is 4.60. The minimum Gasteiger partial charge on any atom is -0.350 e. The number of carbonyl (C=O) groups excluding carboxylic acids is 1. The van der Waals surface area contributed by atoms with E-state index in [9.17, 15) is 9.18 Å². The van der Waals surface area contributed by atoms with Crippen LogP contribution in [0.15, 0.2) is 18.2 Å². The Morgan fingerprint density at radius 2 is 2.22 bits per heavy atom. The summed E-state index contributed by atoms with van der Waals surface area (Å²) in [4.78, 5) is 15.1. The minimum absolute atomic E-state index is 0.125. The number of aryl methyl sites for hydroxylation is 1. The number of halogens is 1. The van der Waals surface area contributed by atoms with Crippen molar-refractivity contribution in [3.63, 3.8) is 0 Å². The molecule has 2 N–H and O–H groups in total. The van der Waals surface area contributed by atoms with Crippen molar-refractivity contribution in [1.29, 1.82) is 0 Å². The number of nitrogens with one attached hydrogen (secondary N) is 2. The summed E-state index contributed by atoms with van der Waals surface area (Å²) < 4.78 is 13.2. The molecule has 4 heteroatoms. The fourth-order valence-electron chi connectivity index (χ4n) is 1.92. The average molecular weight is 248 g/mol. The lowest BCUT2D eigenvalue weighted by Gasteiger charge is -2.10. The maximum atomic E-state index is 13.2. The summed E-state index contributed by atoms with van der Waals surface area (Å²) >= 11 is 0. The maximum absolute atomic E-state index is 13.2. The van der Waals surface area contributed by atoms with Gasteiger partial charge in [0.2, 0.25) is 0 Å². The van der Waals surface area contributed by atoms with Crippen molar-refractivity contribution >= 4 is 16.8 Å². The van der Waals surface area contributed by atoms with E-state index in [2.05, 4.69) is 10.3 Å². The van der Waals surface area contributed by atoms with Crippen LogP contribution in [0, 0.1) is 12.7 Å². The molecule has 2 rings (SSSR count). The summed E-state index contributed by atoms with van der Waals surface area (Å²) in [5.41, 5.74) is 2.07. The number of aromatic amines is 1. The standard InChI is InChI=1S/C14H17FN2O/c1-4-8(2)16-14(18)13-9(3)11-7-10(15)5-6-12(11)17-13/h5-8,17H,4H2,1-3H3,(H,16,18). The lowest BCUT2D eigenvalue weighted by Crippen LogP contribution is -2.32. The highest BCUT2D eigenvalue weighted by atomic mass is 19.1. The van der Waals surface area contributed by atoms with Gasteiger partial charge in [0.15, 0.2) is 0 Å². The highest BCUT2D eigenvalue weighted by Gasteiger charge is 2.16. The van der Waals surface area contributed by atoms with Crippen LogP contribution >= 0.6 is 0 Å². The molecule has 0 bridgehead atoms. The van der Waals surface area contributed by atoms with Crippen LogP contribution < -0.4 is 5.32 Å². The van der Waals surface area contributed by atoms with Crippen molar-refractivity contribution in [1.82, 2.24) is 10.3 Å². The molecule has 0 fully saturated rings. The highest BCUT2D eigenvalue weighted by Crippen LogP contribution is 2.22. The number of carbonyl (C=O) groups is 1. The SMILES string of the molecule is CCC(C)NC(=O)c1[nH]c2ccc(F)cc2c1C. The van der Waals surface area contributed by atoms with Crippen molar-refractivity contribution in [3.8, 4) is 0 Å². The van der Waals surface area contributed by atoms with Crippen molar-refractivity contribution in [2.24, 2.45) is 0 Å². The van der Waals surface area contributed by atoms with E-state index in [1.54, 1.807) is 6.07 Å². The molecule has 0 aliphatic heterocycles. The Hall–Kier alpha value is -1.84. The largest absolute Gasteiger partial charge is 0.350 e. The van der Waals surface area contributed by atoms with Gasteiger partial charge in [-0.15, -0.1) is 0 Å². The van der Waals surface area contributed by atoms with Gasteiger partial charge in [-0.25, -0.2) is 4.39 Å². The molecule has 18 heavy (non-hydrogen) atoms. The van der Waals surface area contributed by atoms with Crippen LogP contribution in [0.1, 0.15) is 36.3 Å². The summed E-state index contributed by atoms with van der Waals surface area (Å²) in [6.07, 6.45) is 0.875. The molecule has 0 saturated heterocycles. The normalized spacial score (nSPS) is 12.7. The van der Waals surface area contributed by atoms with E-state index in [4.69, 9.17) is 0 Å². The summed E-state index contributed by atoms with van der Waals surface area (Å²) in [6.45, 7) is 5.79. The Morgan fingerprint density at radius 1 is 1.50 bits per heavy atom. The third-order valence-electron chi connectivity index (χ3n) is 3.24. The number of fused-ring (bicyclic) bond motifs is 1. The summed E-state index contributed by atoms with van der Waals surface area (Å²) in [5, 5.41) is 3.65. The monoisotopic (exact) mass is 248 g/mol. The molecule has 1 amide bonds. The molecule has 0 aliphatic rings. The van der Waals surface area contributed by atoms with E-state index in [0.717, 1.165) is 22.9 Å². The average Bonchev–Trinajstić information content (AvgIpc) is 2.66. The molecule has 0 saturated carbocycles. The van der Waals surface area contributed by atoms with Gasteiger partial charge in [0.1, 0.15) is 11.5 Å². The first-order chi connectivity index (χ1) is 8.52.